The van der Waals surface area contributed by atoms with Crippen LogP contribution in [-0.2, 0) is 16.4 Å². The third kappa shape index (κ3) is 5.36. The number of benzene rings is 3. The fourth-order valence-corrected chi connectivity index (χ4v) is 6.20. The molecule has 1 aliphatic carbocycles. The standard InChI is InChI=1S/C30H24F2N4O4S2/c1-16-2-4-17(5-3-16)22-13-20(9-11-24(22)31)27-23(12-19-8-10-21(14-25(19)32)42(33,39)40)28(18-6-7-18)36(35-27)30-34-26(15-41-30)29(37)38/h2-5,8-11,13-15,18H,6-7,12H2,1H3,(H,37,38)(H2,33,39,40). The second-order valence-electron chi connectivity index (χ2n) is 10.3. The summed E-state index contributed by atoms with van der Waals surface area (Å²) in [6, 6.07) is 15.6. The highest BCUT2D eigenvalue weighted by atomic mass is 32.2. The second-order valence-corrected chi connectivity index (χ2v) is 12.7. The second kappa shape index (κ2) is 10.5. The van der Waals surface area contributed by atoms with Crippen LogP contribution in [0.1, 0.15) is 51.6 Å². The molecule has 2 heterocycles. The number of aryl methyl sites for hydroxylation is 1. The molecule has 0 bridgehead atoms. The first-order valence-electron chi connectivity index (χ1n) is 13.0. The van der Waals surface area contributed by atoms with Crippen LogP contribution in [0.5, 0.6) is 0 Å². The summed E-state index contributed by atoms with van der Waals surface area (Å²) in [6.45, 7) is 1.94. The summed E-state index contributed by atoms with van der Waals surface area (Å²) in [6.07, 6.45) is 1.74. The van der Waals surface area contributed by atoms with Crippen LogP contribution >= 0.6 is 11.3 Å². The zero-order valence-electron chi connectivity index (χ0n) is 22.2. The lowest BCUT2D eigenvalue weighted by Crippen LogP contribution is -2.12. The van der Waals surface area contributed by atoms with Crippen LogP contribution in [0.3, 0.4) is 0 Å². The lowest BCUT2D eigenvalue weighted by Gasteiger charge is -2.11. The van der Waals surface area contributed by atoms with Gasteiger partial charge in [0, 0.05) is 34.4 Å². The molecule has 1 fully saturated rings. The van der Waals surface area contributed by atoms with E-state index in [0.29, 0.717) is 33.1 Å². The van der Waals surface area contributed by atoms with Gasteiger partial charge in [-0.25, -0.2) is 36.8 Å². The molecule has 214 valence electrons. The normalized spacial score (nSPS) is 13.4. The van der Waals surface area contributed by atoms with Gasteiger partial charge in [-0.2, -0.15) is 5.10 Å². The number of thiazole rings is 1. The third-order valence-electron chi connectivity index (χ3n) is 7.20. The third-order valence-corrected chi connectivity index (χ3v) is 8.93. The maximum absolute atomic E-state index is 15.3. The number of carbonyl (C=O) groups is 1. The van der Waals surface area contributed by atoms with Gasteiger partial charge in [-0.3, -0.25) is 0 Å². The van der Waals surface area contributed by atoms with E-state index >= 15 is 8.78 Å². The van der Waals surface area contributed by atoms with E-state index in [1.807, 2.05) is 31.2 Å². The van der Waals surface area contributed by atoms with Crippen LogP contribution in [0, 0.1) is 18.6 Å². The van der Waals surface area contributed by atoms with Gasteiger partial charge in [0.05, 0.1) is 16.3 Å². The van der Waals surface area contributed by atoms with E-state index in [4.69, 9.17) is 10.2 Å². The minimum absolute atomic E-state index is 0.0479. The summed E-state index contributed by atoms with van der Waals surface area (Å²) in [5, 5.41) is 21.3. The Kier molecular flexibility index (Phi) is 7.00. The van der Waals surface area contributed by atoms with Gasteiger partial charge in [0.1, 0.15) is 11.6 Å². The number of primary sulfonamides is 1. The van der Waals surface area contributed by atoms with Crippen LogP contribution in [0.25, 0.3) is 27.5 Å². The molecule has 0 saturated heterocycles. The Labute approximate surface area is 244 Å². The number of nitrogens with zero attached hydrogens (tertiary/aromatic N) is 3. The summed E-state index contributed by atoms with van der Waals surface area (Å²) in [5.74, 6) is -2.26. The first kappa shape index (κ1) is 27.9. The molecular formula is C30H24F2N4O4S2. The van der Waals surface area contributed by atoms with E-state index in [2.05, 4.69) is 4.98 Å². The molecule has 42 heavy (non-hydrogen) atoms. The molecular weight excluding hydrogens is 582 g/mol. The van der Waals surface area contributed by atoms with Crippen molar-refractivity contribution in [2.24, 2.45) is 5.14 Å². The van der Waals surface area contributed by atoms with E-state index in [1.165, 1.54) is 23.6 Å². The molecule has 0 spiro atoms. The molecule has 3 aromatic carbocycles. The average molecular weight is 607 g/mol. The molecule has 12 heteroatoms. The minimum atomic E-state index is -4.10. The van der Waals surface area contributed by atoms with Crippen molar-refractivity contribution in [3.63, 3.8) is 0 Å². The monoisotopic (exact) mass is 606 g/mol. The smallest absolute Gasteiger partial charge is 0.355 e. The van der Waals surface area contributed by atoms with Gasteiger partial charge in [-0.1, -0.05) is 35.9 Å². The maximum atomic E-state index is 15.3. The number of aromatic nitrogens is 3. The van der Waals surface area contributed by atoms with Crippen molar-refractivity contribution in [1.29, 1.82) is 0 Å². The fourth-order valence-electron chi connectivity index (χ4n) is 4.92. The minimum Gasteiger partial charge on any atom is -0.476 e. The van der Waals surface area contributed by atoms with Gasteiger partial charge in [-0.05, 0) is 61.2 Å². The number of aromatic carboxylic acids is 1. The number of rotatable bonds is 8. The lowest BCUT2D eigenvalue weighted by molar-refractivity contribution is 0.0691. The SMILES string of the molecule is Cc1ccc(-c2cc(-c3nn(-c4nc(C(=O)O)cs4)c(C4CC4)c3Cc3ccc(S(N)(=O)=O)cc3F)ccc2F)cc1. The van der Waals surface area contributed by atoms with Crippen LogP contribution in [-0.4, -0.2) is 34.3 Å². The Bertz CT molecular complexity index is 1960. The summed E-state index contributed by atoms with van der Waals surface area (Å²) in [7, 11) is -4.10. The highest BCUT2D eigenvalue weighted by molar-refractivity contribution is 7.89. The maximum Gasteiger partial charge on any atom is 0.355 e. The van der Waals surface area contributed by atoms with Crippen molar-refractivity contribution in [3.05, 3.63) is 106 Å². The van der Waals surface area contributed by atoms with Gasteiger partial charge in [0.15, 0.2) is 5.69 Å². The van der Waals surface area contributed by atoms with Crippen LogP contribution in [0.2, 0.25) is 0 Å². The van der Waals surface area contributed by atoms with Gasteiger partial charge < -0.3 is 5.11 Å². The van der Waals surface area contributed by atoms with E-state index in [-0.39, 0.29) is 28.5 Å². The molecule has 5 aromatic rings. The molecule has 3 N–H and O–H groups in total. The highest BCUT2D eigenvalue weighted by Gasteiger charge is 2.34. The Balaban J connectivity index is 1.55. The Morgan fingerprint density at radius 1 is 1.05 bits per heavy atom. The first-order valence-corrected chi connectivity index (χ1v) is 15.4. The number of carboxylic acid groups (broad SMARTS) is 1. The van der Waals surface area contributed by atoms with Crippen LogP contribution in [0.4, 0.5) is 8.78 Å². The summed E-state index contributed by atoms with van der Waals surface area (Å²) in [5.41, 5.74) is 4.64. The zero-order chi connectivity index (χ0) is 29.8. The molecule has 0 amide bonds. The summed E-state index contributed by atoms with van der Waals surface area (Å²) < 4.78 is 55.5. The zero-order valence-corrected chi connectivity index (χ0v) is 23.8. The van der Waals surface area contributed by atoms with E-state index in [1.54, 1.807) is 16.8 Å². The van der Waals surface area contributed by atoms with Crippen molar-refractivity contribution >= 4 is 27.3 Å². The summed E-state index contributed by atoms with van der Waals surface area (Å²) in [4.78, 5) is 15.5. The quantitative estimate of drug-likeness (QED) is 0.221. The van der Waals surface area contributed by atoms with E-state index in [0.717, 1.165) is 41.5 Å². The van der Waals surface area contributed by atoms with Crippen molar-refractivity contribution in [3.8, 4) is 27.5 Å². The number of sulfonamides is 1. The topological polar surface area (TPSA) is 128 Å². The van der Waals surface area contributed by atoms with Crippen molar-refractivity contribution in [1.82, 2.24) is 14.8 Å². The van der Waals surface area contributed by atoms with Gasteiger partial charge in [0.25, 0.3) is 0 Å². The van der Waals surface area contributed by atoms with Gasteiger partial charge in [-0.15, -0.1) is 11.3 Å². The Hall–Kier alpha value is -4.26. The van der Waals surface area contributed by atoms with Crippen LogP contribution in [0.15, 0.2) is 70.9 Å². The van der Waals surface area contributed by atoms with Crippen LogP contribution < -0.4 is 5.14 Å². The lowest BCUT2D eigenvalue weighted by atomic mass is 9.94. The highest BCUT2D eigenvalue weighted by Crippen LogP contribution is 2.46. The average Bonchev–Trinajstić information content (AvgIpc) is 3.52. The number of carboxylic acids is 1. The molecule has 6 rings (SSSR count). The van der Waals surface area contributed by atoms with E-state index in [9.17, 15) is 18.3 Å². The predicted octanol–water partition coefficient (Wildman–Crippen LogP) is 6.06. The predicted molar refractivity (Wildman–Crippen MR) is 154 cm³/mol. The molecule has 0 radical (unpaired) electrons. The van der Waals surface area contributed by atoms with Gasteiger partial charge >= 0.3 is 5.97 Å². The number of nitrogens with two attached hydrogens (primary N) is 1. The number of hydrogen-bond acceptors (Lipinski definition) is 6. The fraction of sp³-hybridized carbons (Fsp3) is 0.167. The first-order chi connectivity index (χ1) is 20.0. The molecule has 0 aliphatic heterocycles. The molecule has 1 aliphatic rings. The van der Waals surface area contributed by atoms with Crippen molar-refractivity contribution in [2.75, 3.05) is 0 Å². The largest absolute Gasteiger partial charge is 0.476 e. The molecule has 0 unspecified atom stereocenters. The van der Waals surface area contributed by atoms with E-state index < -0.39 is 27.6 Å². The van der Waals surface area contributed by atoms with Gasteiger partial charge in [0.2, 0.25) is 15.2 Å². The molecule has 2 aromatic heterocycles. The van der Waals surface area contributed by atoms with Crippen molar-refractivity contribution < 1.29 is 27.1 Å². The number of halogens is 2. The molecule has 1 saturated carbocycles. The molecule has 8 nitrogen and oxygen atoms in total. The summed E-state index contributed by atoms with van der Waals surface area (Å²) >= 11 is 1.12. The van der Waals surface area contributed by atoms with Crippen molar-refractivity contribution in [2.45, 2.75) is 37.0 Å². The molecule has 0 atom stereocenters. The Morgan fingerprint density at radius 2 is 1.76 bits per heavy atom. The number of hydrogen-bond donors (Lipinski definition) is 2. The Morgan fingerprint density at radius 3 is 2.38 bits per heavy atom.